The first-order valence-corrected chi connectivity index (χ1v) is 7.33. The second kappa shape index (κ2) is 7.89. The maximum Gasteiger partial charge on any atom is 0.389 e. The second-order valence-electron chi connectivity index (χ2n) is 4.86. The van der Waals surface area contributed by atoms with Crippen LogP contribution >= 0.6 is 15.9 Å². The zero-order valence-electron chi connectivity index (χ0n) is 12.0. The van der Waals surface area contributed by atoms with E-state index in [4.69, 9.17) is 15.2 Å². The van der Waals surface area contributed by atoms with Crippen LogP contribution in [0.5, 0.6) is 11.5 Å². The third kappa shape index (κ3) is 6.56. The van der Waals surface area contributed by atoms with Crippen LogP contribution in [0.2, 0.25) is 0 Å². The molecule has 2 N–H and O–H groups in total. The second-order valence-corrected chi connectivity index (χ2v) is 5.71. The lowest BCUT2D eigenvalue weighted by molar-refractivity contribution is -0.136. The topological polar surface area (TPSA) is 44.5 Å². The third-order valence-corrected chi connectivity index (χ3v) is 3.29. The fraction of sp³-hybridized carbons (Fsp3) is 0.571. The number of rotatable bonds is 7. The zero-order valence-corrected chi connectivity index (χ0v) is 13.6. The summed E-state index contributed by atoms with van der Waals surface area (Å²) in [5.74, 6) is 0.889. The van der Waals surface area contributed by atoms with Crippen LogP contribution in [0.25, 0.3) is 0 Å². The molecular formula is C14H19BrF3NO2. The van der Waals surface area contributed by atoms with Crippen molar-refractivity contribution in [3.63, 3.8) is 0 Å². The monoisotopic (exact) mass is 369 g/mol. The molecule has 0 saturated carbocycles. The smallest absolute Gasteiger partial charge is 0.389 e. The van der Waals surface area contributed by atoms with Gasteiger partial charge in [-0.25, -0.2) is 0 Å². The number of benzene rings is 1. The Balaban J connectivity index is 2.73. The molecule has 0 aromatic heterocycles. The summed E-state index contributed by atoms with van der Waals surface area (Å²) in [6, 6.07) is 3.62. The molecule has 0 saturated heterocycles. The fourth-order valence-corrected chi connectivity index (χ4v) is 2.45. The van der Waals surface area contributed by atoms with Crippen molar-refractivity contribution in [3.05, 3.63) is 22.2 Å². The van der Waals surface area contributed by atoms with Gasteiger partial charge in [0.25, 0.3) is 0 Å². The number of ether oxygens (including phenoxy) is 2. The van der Waals surface area contributed by atoms with E-state index in [1.165, 1.54) is 7.11 Å². The van der Waals surface area contributed by atoms with E-state index in [2.05, 4.69) is 15.9 Å². The standard InChI is InChI=1S/C14H19BrF3NO2/c1-9(19)6-10-7-11(15)13(12(8-10)20-2)21-5-3-4-14(16,17)18/h7-9H,3-6,19H2,1-2H3. The van der Waals surface area contributed by atoms with Gasteiger partial charge in [-0.05, 0) is 53.4 Å². The average molecular weight is 370 g/mol. The highest BCUT2D eigenvalue weighted by Gasteiger charge is 2.26. The van der Waals surface area contributed by atoms with Gasteiger partial charge in [0.1, 0.15) is 0 Å². The molecule has 1 aromatic rings. The molecule has 3 nitrogen and oxygen atoms in total. The molecule has 0 spiro atoms. The molecule has 0 aliphatic carbocycles. The van der Waals surface area contributed by atoms with E-state index in [1.54, 1.807) is 6.07 Å². The van der Waals surface area contributed by atoms with Gasteiger partial charge in [0, 0.05) is 12.5 Å². The highest BCUT2D eigenvalue weighted by atomic mass is 79.9. The van der Waals surface area contributed by atoms with Crippen LogP contribution in [0.15, 0.2) is 16.6 Å². The Kier molecular flexibility index (Phi) is 6.80. The van der Waals surface area contributed by atoms with E-state index in [0.717, 1.165) is 5.56 Å². The summed E-state index contributed by atoms with van der Waals surface area (Å²) < 4.78 is 47.5. The highest BCUT2D eigenvalue weighted by molar-refractivity contribution is 9.10. The van der Waals surface area contributed by atoms with Gasteiger partial charge in [-0.15, -0.1) is 0 Å². The quantitative estimate of drug-likeness (QED) is 0.736. The number of hydrogen-bond donors (Lipinski definition) is 1. The first-order valence-electron chi connectivity index (χ1n) is 6.54. The van der Waals surface area contributed by atoms with Crippen LogP contribution in [-0.2, 0) is 6.42 Å². The summed E-state index contributed by atoms with van der Waals surface area (Å²) in [5, 5.41) is 0. The van der Waals surface area contributed by atoms with Gasteiger partial charge in [-0.1, -0.05) is 0 Å². The summed E-state index contributed by atoms with van der Waals surface area (Å²) in [7, 11) is 1.49. The molecule has 120 valence electrons. The fourth-order valence-electron chi connectivity index (χ4n) is 1.85. The van der Waals surface area contributed by atoms with Gasteiger partial charge >= 0.3 is 6.18 Å². The van der Waals surface area contributed by atoms with E-state index in [1.807, 2.05) is 13.0 Å². The molecule has 1 aromatic carbocycles. The molecular weight excluding hydrogens is 351 g/mol. The van der Waals surface area contributed by atoms with Gasteiger partial charge in [0.15, 0.2) is 11.5 Å². The van der Waals surface area contributed by atoms with Crippen LogP contribution < -0.4 is 15.2 Å². The lowest BCUT2D eigenvalue weighted by Gasteiger charge is -2.15. The lowest BCUT2D eigenvalue weighted by Crippen LogP contribution is -2.17. The van der Waals surface area contributed by atoms with Gasteiger partial charge in [-0.3, -0.25) is 0 Å². The molecule has 0 aliphatic rings. The summed E-state index contributed by atoms with van der Waals surface area (Å²) in [5.41, 5.74) is 6.72. The molecule has 0 bridgehead atoms. The van der Waals surface area contributed by atoms with Crippen LogP contribution in [0.1, 0.15) is 25.3 Å². The van der Waals surface area contributed by atoms with Gasteiger partial charge in [0.05, 0.1) is 18.2 Å². The van der Waals surface area contributed by atoms with Crippen LogP contribution in [0.4, 0.5) is 13.2 Å². The van der Waals surface area contributed by atoms with Crippen molar-refractivity contribution in [1.82, 2.24) is 0 Å². The van der Waals surface area contributed by atoms with Crippen LogP contribution in [0.3, 0.4) is 0 Å². The molecule has 1 unspecified atom stereocenters. The summed E-state index contributed by atoms with van der Waals surface area (Å²) in [4.78, 5) is 0. The Labute approximate surface area is 130 Å². The van der Waals surface area contributed by atoms with E-state index in [-0.39, 0.29) is 19.1 Å². The number of methoxy groups -OCH3 is 1. The lowest BCUT2D eigenvalue weighted by atomic mass is 10.1. The highest BCUT2D eigenvalue weighted by Crippen LogP contribution is 2.37. The van der Waals surface area contributed by atoms with Crippen molar-refractivity contribution in [3.8, 4) is 11.5 Å². The van der Waals surface area contributed by atoms with Crippen LogP contribution in [0, 0.1) is 0 Å². The average Bonchev–Trinajstić information content (AvgIpc) is 2.33. The normalized spacial score (nSPS) is 13.1. The predicted molar refractivity (Wildman–Crippen MR) is 78.8 cm³/mol. The number of halogens is 4. The Morgan fingerprint density at radius 1 is 1.33 bits per heavy atom. The van der Waals surface area contributed by atoms with Gasteiger partial charge in [-0.2, -0.15) is 13.2 Å². The Morgan fingerprint density at radius 2 is 2.00 bits per heavy atom. The molecule has 0 amide bonds. The summed E-state index contributed by atoms with van der Waals surface area (Å²) in [6.07, 6.45) is -4.45. The molecule has 0 fully saturated rings. The molecule has 21 heavy (non-hydrogen) atoms. The third-order valence-electron chi connectivity index (χ3n) is 2.70. The SMILES string of the molecule is COc1cc(CC(C)N)cc(Br)c1OCCCC(F)(F)F. The van der Waals surface area contributed by atoms with Crippen LogP contribution in [-0.4, -0.2) is 25.9 Å². The predicted octanol–water partition coefficient (Wildman–Crippen LogP) is 4.07. The Hall–Kier alpha value is -0.950. The number of hydrogen-bond acceptors (Lipinski definition) is 3. The zero-order chi connectivity index (χ0) is 16.0. The van der Waals surface area contributed by atoms with Gasteiger partial charge in [0.2, 0.25) is 0 Å². The van der Waals surface area contributed by atoms with E-state index < -0.39 is 12.6 Å². The molecule has 1 rings (SSSR count). The minimum atomic E-state index is -4.16. The van der Waals surface area contributed by atoms with Crippen molar-refractivity contribution in [2.45, 2.75) is 38.4 Å². The first-order chi connectivity index (χ1) is 9.73. The van der Waals surface area contributed by atoms with Gasteiger partial charge < -0.3 is 15.2 Å². The first kappa shape index (κ1) is 18.1. The Bertz CT molecular complexity index is 464. The maximum atomic E-state index is 12.1. The van der Waals surface area contributed by atoms with E-state index >= 15 is 0 Å². The molecule has 0 aliphatic heterocycles. The van der Waals surface area contributed by atoms with Crippen molar-refractivity contribution in [2.24, 2.45) is 5.73 Å². The van der Waals surface area contributed by atoms with E-state index in [0.29, 0.717) is 22.4 Å². The molecule has 0 radical (unpaired) electrons. The molecule has 0 heterocycles. The minimum absolute atomic E-state index is 0.000148. The number of alkyl halides is 3. The molecule has 1 atom stereocenters. The van der Waals surface area contributed by atoms with Crippen molar-refractivity contribution < 1.29 is 22.6 Å². The summed E-state index contributed by atoms with van der Waals surface area (Å²) in [6.45, 7) is 1.86. The Morgan fingerprint density at radius 3 is 2.52 bits per heavy atom. The maximum absolute atomic E-state index is 12.1. The van der Waals surface area contributed by atoms with Crippen molar-refractivity contribution >= 4 is 15.9 Å². The van der Waals surface area contributed by atoms with Crippen molar-refractivity contribution in [1.29, 1.82) is 0 Å². The molecule has 7 heteroatoms. The largest absolute Gasteiger partial charge is 0.493 e. The minimum Gasteiger partial charge on any atom is -0.493 e. The van der Waals surface area contributed by atoms with E-state index in [9.17, 15) is 13.2 Å². The summed E-state index contributed by atoms with van der Waals surface area (Å²) >= 11 is 3.35. The number of nitrogens with two attached hydrogens (primary N) is 1. The van der Waals surface area contributed by atoms with Crippen molar-refractivity contribution in [2.75, 3.05) is 13.7 Å².